The summed E-state index contributed by atoms with van der Waals surface area (Å²) >= 11 is 0. The summed E-state index contributed by atoms with van der Waals surface area (Å²) in [4.78, 5) is 2.44. The number of hydrogen-bond acceptors (Lipinski definition) is 10. The normalized spacial score (nSPS) is 19.5. The lowest BCUT2D eigenvalue weighted by Gasteiger charge is -2.39. The van der Waals surface area contributed by atoms with Crippen LogP contribution in [0.2, 0.25) is 0 Å². The van der Waals surface area contributed by atoms with Gasteiger partial charge in [-0.05, 0) is 79.4 Å². The van der Waals surface area contributed by atoms with Gasteiger partial charge in [0.15, 0.2) is 5.44 Å². The second kappa shape index (κ2) is 16.8. The molecule has 4 aromatic rings. The van der Waals surface area contributed by atoms with E-state index in [1.54, 1.807) is 33.5 Å². The van der Waals surface area contributed by atoms with Gasteiger partial charge in [0.1, 0.15) is 36.2 Å². The fourth-order valence-corrected chi connectivity index (χ4v) is 8.29. The van der Waals surface area contributed by atoms with Crippen LogP contribution in [0.3, 0.4) is 0 Å². The summed E-state index contributed by atoms with van der Waals surface area (Å²) in [7, 11) is 0.958. The number of methoxy groups -OCH3 is 3. The third-order valence-electron chi connectivity index (χ3n) is 9.55. The highest BCUT2D eigenvalue weighted by atomic mass is 32.2. The van der Waals surface area contributed by atoms with Crippen molar-refractivity contribution in [3.63, 3.8) is 0 Å². The first-order valence-corrected chi connectivity index (χ1v) is 18.9. The van der Waals surface area contributed by atoms with Crippen LogP contribution in [0.15, 0.2) is 95.9 Å². The highest BCUT2D eigenvalue weighted by Crippen LogP contribution is 2.41. The standard InChI is InChI=1S/C40H48N2O8S/c1-28-9-16-35(17-10-28)51(43,44)40(30-13-18-38-37(23-30)42(20-22-48-38)19-6-21-45-2)50-39-26-41-31(27-49-34-8-5-7-33(25-34)47-4)24-36(39)29-11-14-32(46-3)15-12-29/h5,7-18,23,25,31,36,39-41H,6,19-22,24,26-27H2,1-4H3/t31-,36+,39-,40?/m0/s1. The number of piperidine rings is 1. The molecule has 4 aromatic carbocycles. The summed E-state index contributed by atoms with van der Waals surface area (Å²) in [5.74, 6) is 2.77. The smallest absolute Gasteiger partial charge is 0.209 e. The SMILES string of the molecule is COCCCN1CCOc2ccc(C(O[C@H]3CN[C@H](COc4cccc(OC)c4)C[C@@H]3c3ccc(OC)cc3)S(=O)(=O)c3ccc(C)cc3)cc21. The van der Waals surface area contributed by atoms with Crippen molar-refractivity contribution in [3.05, 3.63) is 108 Å². The first kappa shape index (κ1) is 36.5. The number of anilines is 1. The van der Waals surface area contributed by atoms with Crippen molar-refractivity contribution in [2.45, 2.75) is 48.2 Å². The van der Waals surface area contributed by atoms with Gasteiger partial charge >= 0.3 is 0 Å². The topological polar surface area (TPSA) is 105 Å². The van der Waals surface area contributed by atoms with Crippen molar-refractivity contribution in [2.24, 2.45) is 0 Å². The van der Waals surface area contributed by atoms with E-state index in [9.17, 15) is 8.42 Å². The van der Waals surface area contributed by atoms with Gasteiger partial charge in [-0.15, -0.1) is 0 Å². The van der Waals surface area contributed by atoms with Gasteiger partial charge in [0.2, 0.25) is 9.84 Å². The summed E-state index contributed by atoms with van der Waals surface area (Å²) in [5, 5.41) is 3.59. The minimum absolute atomic E-state index is 0.0168. The van der Waals surface area contributed by atoms with Crippen molar-refractivity contribution < 1.29 is 36.8 Å². The Morgan fingerprint density at radius 3 is 2.41 bits per heavy atom. The molecule has 0 spiro atoms. The molecule has 1 N–H and O–H groups in total. The Kier molecular flexibility index (Phi) is 12.0. The molecular formula is C40H48N2O8S. The molecule has 11 heteroatoms. The molecule has 0 saturated carbocycles. The van der Waals surface area contributed by atoms with Gasteiger partial charge in [-0.3, -0.25) is 0 Å². The van der Waals surface area contributed by atoms with Gasteiger partial charge in [0.05, 0.1) is 37.5 Å². The van der Waals surface area contributed by atoms with Gasteiger partial charge < -0.3 is 38.6 Å². The molecule has 2 heterocycles. The van der Waals surface area contributed by atoms with Crippen molar-refractivity contribution >= 4 is 15.5 Å². The molecule has 2 aliphatic rings. The van der Waals surface area contributed by atoms with Crippen molar-refractivity contribution in [2.75, 3.05) is 65.7 Å². The second-order valence-electron chi connectivity index (χ2n) is 13.0. The number of rotatable bonds is 15. The van der Waals surface area contributed by atoms with Crippen molar-refractivity contribution in [3.8, 4) is 23.0 Å². The zero-order valence-corrected chi connectivity index (χ0v) is 30.6. The molecule has 1 fully saturated rings. The Hall–Kier alpha value is -4.29. The lowest BCUT2D eigenvalue weighted by Crippen LogP contribution is -2.50. The van der Waals surface area contributed by atoms with Crippen molar-refractivity contribution in [1.29, 1.82) is 0 Å². The van der Waals surface area contributed by atoms with Crippen LogP contribution in [0.1, 0.15) is 40.9 Å². The van der Waals surface area contributed by atoms with E-state index in [0.29, 0.717) is 50.6 Å². The summed E-state index contributed by atoms with van der Waals surface area (Å²) in [6.07, 6.45) is 1.01. The second-order valence-corrected chi connectivity index (χ2v) is 15.0. The first-order valence-electron chi connectivity index (χ1n) is 17.4. The number of nitrogens with zero attached hydrogens (tertiary/aromatic N) is 1. The molecule has 0 bridgehead atoms. The van der Waals surface area contributed by atoms with Gasteiger partial charge in [-0.25, -0.2) is 8.42 Å². The lowest BCUT2D eigenvalue weighted by atomic mass is 9.84. The molecule has 51 heavy (non-hydrogen) atoms. The molecule has 4 atom stereocenters. The Labute approximate surface area is 301 Å². The predicted octanol–water partition coefficient (Wildman–Crippen LogP) is 6.33. The summed E-state index contributed by atoms with van der Waals surface area (Å²) < 4.78 is 64.5. The minimum Gasteiger partial charge on any atom is -0.497 e. The van der Waals surface area contributed by atoms with Crippen LogP contribution in [-0.2, 0) is 19.3 Å². The number of fused-ring (bicyclic) bond motifs is 1. The van der Waals surface area contributed by atoms with Crippen molar-refractivity contribution in [1.82, 2.24) is 5.32 Å². The van der Waals surface area contributed by atoms with E-state index in [0.717, 1.165) is 47.0 Å². The quantitative estimate of drug-likeness (QED) is 0.140. The maximum atomic E-state index is 14.6. The fourth-order valence-electron chi connectivity index (χ4n) is 6.74. The average Bonchev–Trinajstić information content (AvgIpc) is 3.16. The summed E-state index contributed by atoms with van der Waals surface area (Å²) in [5.41, 5.74) is 2.13. The highest BCUT2D eigenvalue weighted by Gasteiger charge is 2.39. The fraction of sp³-hybridized carbons (Fsp3) is 0.400. The molecule has 0 amide bonds. The summed E-state index contributed by atoms with van der Waals surface area (Å²) in [6, 6.07) is 28.0. The zero-order valence-electron chi connectivity index (χ0n) is 29.7. The Morgan fingerprint density at radius 1 is 0.902 bits per heavy atom. The van der Waals surface area contributed by atoms with Crippen LogP contribution in [0.4, 0.5) is 5.69 Å². The number of benzene rings is 4. The lowest BCUT2D eigenvalue weighted by molar-refractivity contribution is -0.00930. The monoisotopic (exact) mass is 716 g/mol. The van der Waals surface area contributed by atoms with E-state index in [4.69, 9.17) is 28.4 Å². The van der Waals surface area contributed by atoms with Crippen LogP contribution in [0, 0.1) is 6.92 Å². The van der Waals surface area contributed by atoms with Gasteiger partial charge in [0, 0.05) is 44.8 Å². The van der Waals surface area contributed by atoms with E-state index in [1.165, 1.54) is 0 Å². The minimum atomic E-state index is -4.00. The number of hydrogen-bond donors (Lipinski definition) is 1. The zero-order chi connectivity index (χ0) is 35.8. The molecule has 0 radical (unpaired) electrons. The van der Waals surface area contributed by atoms with Crippen LogP contribution in [-0.4, -0.2) is 81.3 Å². The molecular weight excluding hydrogens is 669 g/mol. The Bertz CT molecular complexity index is 1830. The number of ether oxygens (including phenoxy) is 6. The molecule has 1 unspecified atom stereocenters. The van der Waals surface area contributed by atoms with Crippen LogP contribution < -0.4 is 29.2 Å². The summed E-state index contributed by atoms with van der Waals surface area (Å²) in [6.45, 7) is 5.42. The Balaban J connectivity index is 1.33. The van der Waals surface area contributed by atoms with Crippen LogP contribution >= 0.6 is 0 Å². The molecule has 272 valence electrons. The molecule has 10 nitrogen and oxygen atoms in total. The molecule has 2 aliphatic heterocycles. The van der Waals surface area contributed by atoms with E-state index in [2.05, 4.69) is 10.2 Å². The van der Waals surface area contributed by atoms with Crippen LogP contribution in [0.25, 0.3) is 0 Å². The number of sulfone groups is 1. The van der Waals surface area contributed by atoms with Crippen LogP contribution in [0.5, 0.6) is 23.0 Å². The van der Waals surface area contributed by atoms with Gasteiger partial charge in [-0.2, -0.15) is 0 Å². The van der Waals surface area contributed by atoms with Gasteiger partial charge in [-0.1, -0.05) is 42.0 Å². The third kappa shape index (κ3) is 8.78. The predicted molar refractivity (Wildman–Crippen MR) is 197 cm³/mol. The Morgan fingerprint density at radius 2 is 1.67 bits per heavy atom. The molecule has 6 rings (SSSR count). The maximum Gasteiger partial charge on any atom is 0.209 e. The third-order valence-corrected chi connectivity index (χ3v) is 11.4. The largest absolute Gasteiger partial charge is 0.497 e. The average molecular weight is 717 g/mol. The van der Waals surface area contributed by atoms with E-state index >= 15 is 0 Å². The van der Waals surface area contributed by atoms with E-state index in [1.807, 2.05) is 85.8 Å². The molecule has 0 aliphatic carbocycles. The first-order chi connectivity index (χ1) is 24.8. The van der Waals surface area contributed by atoms with E-state index in [-0.39, 0.29) is 16.9 Å². The van der Waals surface area contributed by atoms with E-state index < -0.39 is 21.4 Å². The number of aryl methyl sites for hydroxylation is 1. The molecule has 1 saturated heterocycles. The molecule has 0 aromatic heterocycles. The van der Waals surface area contributed by atoms with Gasteiger partial charge in [0.25, 0.3) is 0 Å². The number of nitrogens with one attached hydrogen (secondary N) is 1. The highest BCUT2D eigenvalue weighted by molar-refractivity contribution is 7.91. The maximum absolute atomic E-state index is 14.6.